The topological polar surface area (TPSA) is 26.3 Å². The Morgan fingerprint density at radius 2 is 2.12 bits per heavy atom. The Bertz CT molecular complexity index is 405. The van der Waals surface area contributed by atoms with Crippen LogP contribution < -0.4 is 4.74 Å². The van der Waals surface area contributed by atoms with Gasteiger partial charge in [0, 0.05) is 10.0 Å². The molecule has 0 spiro atoms. The molecule has 88 valence electrons. The van der Waals surface area contributed by atoms with Gasteiger partial charge in [-0.3, -0.25) is 4.79 Å². The van der Waals surface area contributed by atoms with E-state index < -0.39 is 12.2 Å². The molecule has 0 bridgehead atoms. The molecule has 0 fully saturated rings. The van der Waals surface area contributed by atoms with Gasteiger partial charge in [-0.2, -0.15) is 0 Å². The SMILES string of the molecule is CCOc1cc(Br)cc(C(F)F)c1C(C)=O. The van der Waals surface area contributed by atoms with Crippen molar-refractivity contribution < 1.29 is 18.3 Å². The number of carbonyl (C=O) groups excluding carboxylic acids is 1. The Hall–Kier alpha value is -0.970. The molecule has 1 aromatic carbocycles. The number of hydrogen-bond donors (Lipinski definition) is 0. The van der Waals surface area contributed by atoms with Crippen molar-refractivity contribution >= 4 is 21.7 Å². The summed E-state index contributed by atoms with van der Waals surface area (Å²) < 4.78 is 31.2. The lowest BCUT2D eigenvalue weighted by molar-refractivity contribution is 0.0994. The van der Waals surface area contributed by atoms with Gasteiger partial charge >= 0.3 is 0 Å². The molecule has 0 aliphatic rings. The molecule has 1 aromatic rings. The summed E-state index contributed by atoms with van der Waals surface area (Å²) in [5.74, 6) is -0.231. The fourth-order valence-electron chi connectivity index (χ4n) is 1.42. The van der Waals surface area contributed by atoms with Crippen LogP contribution in [0, 0.1) is 0 Å². The van der Waals surface area contributed by atoms with Gasteiger partial charge in [0.1, 0.15) is 5.75 Å². The monoisotopic (exact) mass is 292 g/mol. The summed E-state index contributed by atoms with van der Waals surface area (Å²) in [6.07, 6.45) is -2.70. The van der Waals surface area contributed by atoms with Crippen molar-refractivity contribution in [3.63, 3.8) is 0 Å². The van der Waals surface area contributed by atoms with Crippen molar-refractivity contribution in [2.45, 2.75) is 20.3 Å². The van der Waals surface area contributed by atoms with E-state index >= 15 is 0 Å². The van der Waals surface area contributed by atoms with E-state index in [9.17, 15) is 13.6 Å². The third-order valence-electron chi connectivity index (χ3n) is 1.98. The number of alkyl halides is 2. The van der Waals surface area contributed by atoms with Crippen molar-refractivity contribution in [2.24, 2.45) is 0 Å². The van der Waals surface area contributed by atoms with Crippen LogP contribution in [0.5, 0.6) is 5.75 Å². The summed E-state index contributed by atoms with van der Waals surface area (Å²) in [6, 6.07) is 2.76. The maximum atomic E-state index is 12.8. The molecule has 0 saturated heterocycles. The van der Waals surface area contributed by atoms with Crippen molar-refractivity contribution in [1.82, 2.24) is 0 Å². The Morgan fingerprint density at radius 3 is 2.56 bits per heavy atom. The van der Waals surface area contributed by atoms with Gasteiger partial charge in [-0.25, -0.2) is 8.78 Å². The van der Waals surface area contributed by atoms with E-state index in [0.29, 0.717) is 11.1 Å². The molecule has 0 aromatic heterocycles. The first-order valence-corrected chi connectivity index (χ1v) is 5.52. The van der Waals surface area contributed by atoms with Crippen LogP contribution in [0.15, 0.2) is 16.6 Å². The first-order chi connectivity index (χ1) is 7.47. The van der Waals surface area contributed by atoms with Crippen LogP contribution in [0.3, 0.4) is 0 Å². The Kier molecular flexibility index (Phi) is 4.41. The van der Waals surface area contributed by atoms with Gasteiger partial charge < -0.3 is 4.74 Å². The molecule has 5 heteroatoms. The standard InChI is InChI=1S/C11H11BrF2O2/c1-3-16-9-5-7(12)4-8(11(13)14)10(9)6(2)15/h4-5,11H,3H2,1-2H3. The van der Waals surface area contributed by atoms with E-state index in [1.165, 1.54) is 19.1 Å². The number of ketones is 1. The van der Waals surface area contributed by atoms with Gasteiger partial charge in [0.25, 0.3) is 6.43 Å². The number of rotatable bonds is 4. The number of Topliss-reactive ketones (excluding diaryl/α,β-unsaturated/α-hetero) is 1. The van der Waals surface area contributed by atoms with Crippen LogP contribution in [0.4, 0.5) is 8.78 Å². The maximum Gasteiger partial charge on any atom is 0.264 e. The smallest absolute Gasteiger partial charge is 0.264 e. The molecule has 0 aliphatic heterocycles. The summed E-state index contributed by atoms with van der Waals surface area (Å²) >= 11 is 3.11. The first kappa shape index (κ1) is 13.1. The third kappa shape index (κ3) is 2.78. The summed E-state index contributed by atoms with van der Waals surface area (Å²) in [4.78, 5) is 11.3. The second-order valence-electron chi connectivity index (χ2n) is 3.16. The summed E-state index contributed by atoms with van der Waals surface area (Å²) in [7, 11) is 0. The van der Waals surface area contributed by atoms with Gasteiger partial charge in [-0.1, -0.05) is 15.9 Å². The van der Waals surface area contributed by atoms with Gasteiger partial charge in [-0.15, -0.1) is 0 Å². The van der Waals surface area contributed by atoms with Crippen LogP contribution >= 0.6 is 15.9 Å². The third-order valence-corrected chi connectivity index (χ3v) is 2.44. The zero-order valence-corrected chi connectivity index (χ0v) is 10.5. The van der Waals surface area contributed by atoms with Gasteiger partial charge in [0.2, 0.25) is 0 Å². The van der Waals surface area contributed by atoms with Crippen LogP contribution in [0.2, 0.25) is 0 Å². The number of hydrogen-bond acceptors (Lipinski definition) is 2. The highest BCUT2D eigenvalue weighted by Crippen LogP contribution is 2.33. The summed E-state index contributed by atoms with van der Waals surface area (Å²) in [5, 5.41) is 0. The normalized spacial score (nSPS) is 10.6. The number of ether oxygens (including phenoxy) is 1. The highest BCUT2D eigenvalue weighted by Gasteiger charge is 2.21. The zero-order valence-electron chi connectivity index (χ0n) is 8.89. The van der Waals surface area contributed by atoms with E-state index in [-0.39, 0.29) is 16.9 Å². The highest BCUT2D eigenvalue weighted by atomic mass is 79.9. The molecular formula is C11H11BrF2O2. The predicted molar refractivity (Wildman–Crippen MR) is 60.3 cm³/mol. The molecule has 2 nitrogen and oxygen atoms in total. The van der Waals surface area contributed by atoms with Crippen molar-refractivity contribution in [2.75, 3.05) is 6.61 Å². The molecule has 0 N–H and O–H groups in total. The van der Waals surface area contributed by atoms with Gasteiger partial charge in [0.15, 0.2) is 5.78 Å². The van der Waals surface area contributed by atoms with Crippen LogP contribution in [-0.4, -0.2) is 12.4 Å². The number of halogens is 3. The Labute approximate surface area is 101 Å². The van der Waals surface area contributed by atoms with Crippen LogP contribution in [0.1, 0.15) is 36.2 Å². The largest absolute Gasteiger partial charge is 0.493 e. The van der Waals surface area contributed by atoms with Crippen LogP contribution in [-0.2, 0) is 0 Å². The fraction of sp³-hybridized carbons (Fsp3) is 0.364. The van der Waals surface area contributed by atoms with E-state index in [2.05, 4.69) is 15.9 Å². The molecule has 0 radical (unpaired) electrons. The Morgan fingerprint density at radius 1 is 1.50 bits per heavy atom. The predicted octanol–water partition coefficient (Wildman–Crippen LogP) is 3.99. The minimum Gasteiger partial charge on any atom is -0.493 e. The van der Waals surface area contributed by atoms with E-state index in [1.807, 2.05) is 0 Å². The average Bonchev–Trinajstić information content (AvgIpc) is 2.16. The van der Waals surface area contributed by atoms with Crippen LogP contribution in [0.25, 0.3) is 0 Å². The quantitative estimate of drug-likeness (QED) is 0.785. The molecule has 0 atom stereocenters. The average molecular weight is 293 g/mol. The number of benzene rings is 1. The molecule has 16 heavy (non-hydrogen) atoms. The van der Waals surface area contributed by atoms with Crippen molar-refractivity contribution in [3.05, 3.63) is 27.7 Å². The number of carbonyl (C=O) groups is 1. The van der Waals surface area contributed by atoms with E-state index in [1.54, 1.807) is 6.92 Å². The second kappa shape index (κ2) is 5.39. The minimum atomic E-state index is -2.70. The highest BCUT2D eigenvalue weighted by molar-refractivity contribution is 9.10. The molecule has 1 rings (SSSR count). The lowest BCUT2D eigenvalue weighted by Gasteiger charge is -2.13. The lowest BCUT2D eigenvalue weighted by Crippen LogP contribution is -2.05. The zero-order chi connectivity index (χ0) is 12.3. The van der Waals surface area contributed by atoms with E-state index in [0.717, 1.165) is 0 Å². The molecule has 0 saturated carbocycles. The summed E-state index contributed by atoms with van der Waals surface area (Å²) in [6.45, 7) is 3.30. The minimum absolute atomic E-state index is 0.0416. The molecule has 0 amide bonds. The summed E-state index contributed by atoms with van der Waals surface area (Å²) in [5.41, 5.74) is -0.342. The van der Waals surface area contributed by atoms with E-state index in [4.69, 9.17) is 4.74 Å². The van der Waals surface area contributed by atoms with Crippen molar-refractivity contribution in [3.8, 4) is 5.75 Å². The molecular weight excluding hydrogens is 282 g/mol. The van der Waals surface area contributed by atoms with Gasteiger partial charge in [-0.05, 0) is 26.0 Å². The van der Waals surface area contributed by atoms with Crippen molar-refractivity contribution in [1.29, 1.82) is 0 Å². The molecule has 0 heterocycles. The molecule has 0 unspecified atom stereocenters. The second-order valence-corrected chi connectivity index (χ2v) is 4.07. The molecule has 0 aliphatic carbocycles. The van der Waals surface area contributed by atoms with Gasteiger partial charge in [0.05, 0.1) is 12.2 Å². The lowest BCUT2D eigenvalue weighted by atomic mass is 10.0. The first-order valence-electron chi connectivity index (χ1n) is 4.72. The Balaban J connectivity index is 3.41. The maximum absolute atomic E-state index is 12.8. The fourth-order valence-corrected chi connectivity index (χ4v) is 1.87.